The van der Waals surface area contributed by atoms with Gasteiger partial charge in [0.25, 0.3) is 0 Å². The fourth-order valence-corrected chi connectivity index (χ4v) is 1.86. The van der Waals surface area contributed by atoms with Crippen LogP contribution < -0.4 is 5.32 Å². The second kappa shape index (κ2) is 4.87. The number of nitrogens with one attached hydrogen (secondary N) is 1. The molecule has 1 aliphatic rings. The average molecular weight is 253 g/mol. The molecule has 0 saturated heterocycles. The number of amides is 1. The molecule has 1 heterocycles. The zero-order valence-corrected chi connectivity index (χ0v) is 12.2. The molecule has 18 heavy (non-hydrogen) atoms. The van der Waals surface area contributed by atoms with Gasteiger partial charge in [-0.2, -0.15) is 0 Å². The first-order valence-corrected chi connectivity index (χ1v) is 6.52. The standard InChI is InChI=1S/C15H24FNO/c1-10(2)14(5)8-7-13(18)17-15(6,11(3)4)12(16)9-14/h7-11H,1-6H3,(H,17,18)/b8-7-,12-9?. The van der Waals surface area contributed by atoms with Crippen molar-refractivity contribution in [3.05, 3.63) is 24.1 Å². The number of rotatable bonds is 2. The summed E-state index contributed by atoms with van der Waals surface area (Å²) in [6.07, 6.45) is 4.95. The molecule has 0 aromatic carbocycles. The Morgan fingerprint density at radius 2 is 1.72 bits per heavy atom. The average Bonchev–Trinajstić information content (AvgIpc) is 2.24. The van der Waals surface area contributed by atoms with Crippen LogP contribution in [0.1, 0.15) is 41.5 Å². The van der Waals surface area contributed by atoms with E-state index in [0.717, 1.165) is 0 Å². The smallest absolute Gasteiger partial charge is 0.244 e. The van der Waals surface area contributed by atoms with E-state index in [-0.39, 0.29) is 23.6 Å². The third-order valence-electron chi connectivity index (χ3n) is 4.31. The summed E-state index contributed by atoms with van der Waals surface area (Å²) in [6.45, 7) is 11.6. The van der Waals surface area contributed by atoms with E-state index in [0.29, 0.717) is 0 Å². The van der Waals surface area contributed by atoms with Gasteiger partial charge in [-0.1, -0.05) is 40.7 Å². The van der Waals surface area contributed by atoms with Crippen LogP contribution in [0.25, 0.3) is 0 Å². The maximum Gasteiger partial charge on any atom is 0.244 e. The Kier molecular flexibility index (Phi) is 4.04. The third kappa shape index (κ3) is 2.65. The van der Waals surface area contributed by atoms with E-state index in [1.807, 2.05) is 34.6 Å². The van der Waals surface area contributed by atoms with Crippen molar-refractivity contribution in [3.63, 3.8) is 0 Å². The minimum atomic E-state index is -0.933. The Balaban J connectivity index is 3.33. The van der Waals surface area contributed by atoms with Gasteiger partial charge in [0.1, 0.15) is 5.83 Å². The SMILES string of the molecule is CC(C)C1(C)C=C(F)C(C)(C(C)C)NC(=O)/C=C\1. The Morgan fingerprint density at radius 1 is 1.17 bits per heavy atom. The molecule has 2 atom stereocenters. The van der Waals surface area contributed by atoms with E-state index in [9.17, 15) is 9.18 Å². The van der Waals surface area contributed by atoms with Gasteiger partial charge in [-0.05, 0) is 30.9 Å². The highest BCUT2D eigenvalue weighted by atomic mass is 19.1. The fourth-order valence-electron chi connectivity index (χ4n) is 1.86. The predicted molar refractivity (Wildman–Crippen MR) is 72.7 cm³/mol. The van der Waals surface area contributed by atoms with Gasteiger partial charge in [-0.15, -0.1) is 0 Å². The van der Waals surface area contributed by atoms with E-state index in [1.165, 1.54) is 6.08 Å². The molecule has 1 N–H and O–H groups in total. The van der Waals surface area contributed by atoms with Crippen LogP contribution in [0.4, 0.5) is 4.39 Å². The van der Waals surface area contributed by atoms with Crippen LogP contribution in [-0.4, -0.2) is 11.4 Å². The van der Waals surface area contributed by atoms with Gasteiger partial charge >= 0.3 is 0 Å². The van der Waals surface area contributed by atoms with Gasteiger partial charge in [0.2, 0.25) is 5.91 Å². The van der Waals surface area contributed by atoms with Gasteiger partial charge in [-0.25, -0.2) is 4.39 Å². The van der Waals surface area contributed by atoms with Crippen LogP contribution >= 0.6 is 0 Å². The summed E-state index contributed by atoms with van der Waals surface area (Å²) in [6, 6.07) is 0. The number of carbonyl (C=O) groups is 1. The lowest BCUT2D eigenvalue weighted by Gasteiger charge is -2.37. The van der Waals surface area contributed by atoms with E-state index >= 15 is 0 Å². The molecule has 1 aliphatic heterocycles. The Labute approximate surface area is 109 Å². The molecular weight excluding hydrogens is 229 g/mol. The summed E-state index contributed by atoms with van der Waals surface area (Å²) in [5.41, 5.74) is -1.37. The van der Waals surface area contributed by atoms with Crippen LogP contribution in [0.2, 0.25) is 0 Å². The number of carbonyl (C=O) groups excluding carboxylic acids is 1. The molecule has 2 nitrogen and oxygen atoms in total. The first kappa shape index (κ1) is 14.9. The summed E-state index contributed by atoms with van der Waals surface area (Å²) in [5, 5.41) is 2.75. The zero-order chi connectivity index (χ0) is 14.1. The fraction of sp³-hybridized carbons (Fsp3) is 0.667. The van der Waals surface area contributed by atoms with Crippen LogP contribution in [0, 0.1) is 17.3 Å². The Bertz CT molecular complexity index is 397. The zero-order valence-electron chi connectivity index (χ0n) is 12.2. The van der Waals surface area contributed by atoms with Crippen molar-refractivity contribution in [1.82, 2.24) is 5.32 Å². The highest BCUT2D eigenvalue weighted by molar-refractivity contribution is 5.88. The number of hydrogen-bond donors (Lipinski definition) is 1. The van der Waals surface area contributed by atoms with E-state index in [2.05, 4.69) is 5.32 Å². The van der Waals surface area contributed by atoms with Crippen molar-refractivity contribution in [2.24, 2.45) is 17.3 Å². The summed E-state index contributed by atoms with van der Waals surface area (Å²) >= 11 is 0. The minimum Gasteiger partial charge on any atom is -0.341 e. The second-order valence-electron chi connectivity index (χ2n) is 6.19. The van der Waals surface area contributed by atoms with Crippen molar-refractivity contribution in [1.29, 1.82) is 0 Å². The summed E-state index contributed by atoms with van der Waals surface area (Å²) in [7, 11) is 0. The number of hydrogen-bond acceptors (Lipinski definition) is 1. The molecule has 1 amide bonds. The lowest BCUT2D eigenvalue weighted by Crippen LogP contribution is -2.51. The van der Waals surface area contributed by atoms with E-state index < -0.39 is 11.0 Å². The van der Waals surface area contributed by atoms with Crippen LogP contribution in [0.3, 0.4) is 0 Å². The van der Waals surface area contributed by atoms with Crippen molar-refractivity contribution < 1.29 is 9.18 Å². The molecule has 0 aliphatic carbocycles. The van der Waals surface area contributed by atoms with Crippen molar-refractivity contribution in [2.45, 2.75) is 47.1 Å². The lowest BCUT2D eigenvalue weighted by atomic mass is 9.75. The monoisotopic (exact) mass is 253 g/mol. The van der Waals surface area contributed by atoms with E-state index in [4.69, 9.17) is 0 Å². The maximum absolute atomic E-state index is 14.6. The van der Waals surface area contributed by atoms with Gasteiger partial charge in [0, 0.05) is 5.41 Å². The molecule has 0 aromatic rings. The maximum atomic E-state index is 14.6. The molecule has 0 fully saturated rings. The van der Waals surface area contributed by atoms with Crippen LogP contribution in [0.15, 0.2) is 24.1 Å². The van der Waals surface area contributed by atoms with Gasteiger partial charge in [0.15, 0.2) is 0 Å². The second-order valence-corrected chi connectivity index (χ2v) is 6.19. The van der Waals surface area contributed by atoms with Gasteiger partial charge in [-0.3, -0.25) is 4.79 Å². The van der Waals surface area contributed by atoms with Crippen molar-refractivity contribution in [2.75, 3.05) is 0 Å². The van der Waals surface area contributed by atoms with Gasteiger partial charge in [0.05, 0.1) is 5.54 Å². The molecular formula is C15H24FNO. The molecule has 3 heteroatoms. The Morgan fingerprint density at radius 3 is 2.17 bits per heavy atom. The highest BCUT2D eigenvalue weighted by Crippen LogP contribution is 2.37. The van der Waals surface area contributed by atoms with Crippen LogP contribution in [-0.2, 0) is 4.79 Å². The third-order valence-corrected chi connectivity index (χ3v) is 4.31. The predicted octanol–water partition coefficient (Wildman–Crippen LogP) is 3.60. The molecule has 0 spiro atoms. The van der Waals surface area contributed by atoms with Crippen molar-refractivity contribution >= 4 is 5.91 Å². The normalized spacial score (nSPS) is 34.9. The van der Waals surface area contributed by atoms with Gasteiger partial charge < -0.3 is 5.32 Å². The molecule has 0 saturated carbocycles. The molecule has 0 aromatic heterocycles. The van der Waals surface area contributed by atoms with Crippen molar-refractivity contribution in [3.8, 4) is 0 Å². The lowest BCUT2D eigenvalue weighted by molar-refractivity contribution is -0.118. The minimum absolute atomic E-state index is 0.0133. The summed E-state index contributed by atoms with van der Waals surface area (Å²) in [4.78, 5) is 11.8. The summed E-state index contributed by atoms with van der Waals surface area (Å²) < 4.78 is 14.6. The molecule has 1 rings (SSSR count). The highest BCUT2D eigenvalue weighted by Gasteiger charge is 2.38. The Hall–Kier alpha value is -1.12. The molecule has 102 valence electrons. The topological polar surface area (TPSA) is 29.1 Å². The summed E-state index contributed by atoms with van der Waals surface area (Å²) in [5.74, 6) is -0.282. The molecule has 2 unspecified atom stereocenters. The first-order valence-electron chi connectivity index (χ1n) is 6.52. The van der Waals surface area contributed by atoms with E-state index in [1.54, 1.807) is 19.1 Å². The van der Waals surface area contributed by atoms with Crippen LogP contribution in [0.5, 0.6) is 0 Å². The quantitative estimate of drug-likeness (QED) is 0.800. The molecule has 0 radical (unpaired) electrons. The first-order chi connectivity index (χ1) is 8.12. The largest absolute Gasteiger partial charge is 0.341 e. The molecule has 0 bridgehead atoms. The number of halogens is 1. The number of allylic oxidation sites excluding steroid dienone is 2.